The van der Waals surface area contributed by atoms with Gasteiger partial charge >= 0.3 is 12.1 Å². The smallest absolute Gasteiger partial charge is 0.407 e. The molecule has 10 heteroatoms. The number of esters is 1. The first-order chi connectivity index (χ1) is 16.9. The lowest BCUT2D eigenvalue weighted by molar-refractivity contribution is -0.156. The van der Waals surface area contributed by atoms with Gasteiger partial charge in [-0.1, -0.05) is 30.3 Å². The highest BCUT2D eigenvalue weighted by Gasteiger charge is 2.15. The highest BCUT2D eigenvalue weighted by Crippen LogP contribution is 2.08. The van der Waals surface area contributed by atoms with Crippen molar-refractivity contribution in [1.82, 2.24) is 5.32 Å². The third-order valence-corrected chi connectivity index (χ3v) is 4.09. The Morgan fingerprint density at radius 1 is 0.714 bits per heavy atom. The van der Waals surface area contributed by atoms with E-state index in [9.17, 15) is 9.59 Å². The van der Waals surface area contributed by atoms with Crippen LogP contribution in [0, 0.1) is 0 Å². The summed E-state index contributed by atoms with van der Waals surface area (Å²) in [4.78, 5) is 23.1. The molecule has 0 spiro atoms. The van der Waals surface area contributed by atoms with Crippen LogP contribution in [-0.4, -0.2) is 90.3 Å². The molecule has 0 atom stereocenters. The average molecular weight is 500 g/mol. The third-order valence-electron chi connectivity index (χ3n) is 4.09. The average Bonchev–Trinajstić information content (AvgIpc) is 2.81. The predicted molar refractivity (Wildman–Crippen MR) is 129 cm³/mol. The van der Waals surface area contributed by atoms with Crippen LogP contribution in [-0.2, 0) is 44.6 Å². The van der Waals surface area contributed by atoms with Crippen LogP contribution in [0.2, 0.25) is 0 Å². The molecular weight excluding hydrogens is 458 g/mol. The Labute approximate surface area is 208 Å². The molecule has 0 radical (unpaired) electrons. The van der Waals surface area contributed by atoms with Gasteiger partial charge in [0.1, 0.15) is 12.2 Å². The fourth-order valence-electron chi connectivity index (χ4n) is 2.53. The Morgan fingerprint density at radius 3 is 1.71 bits per heavy atom. The number of benzene rings is 1. The molecule has 0 unspecified atom stereocenters. The van der Waals surface area contributed by atoms with E-state index in [1.54, 1.807) is 0 Å². The first-order valence-corrected chi connectivity index (χ1v) is 11.9. The zero-order valence-corrected chi connectivity index (χ0v) is 21.3. The Morgan fingerprint density at radius 2 is 1.20 bits per heavy atom. The van der Waals surface area contributed by atoms with Crippen LogP contribution in [0.4, 0.5) is 4.79 Å². The molecule has 1 amide bonds. The largest absolute Gasteiger partial charge is 0.460 e. The minimum Gasteiger partial charge on any atom is -0.460 e. The van der Waals surface area contributed by atoms with Gasteiger partial charge < -0.3 is 38.5 Å². The second kappa shape index (κ2) is 20.0. The molecule has 0 aliphatic rings. The van der Waals surface area contributed by atoms with E-state index in [4.69, 9.17) is 33.2 Å². The van der Waals surface area contributed by atoms with Gasteiger partial charge in [0.15, 0.2) is 0 Å². The van der Waals surface area contributed by atoms with Gasteiger partial charge in [0, 0.05) is 6.54 Å². The summed E-state index contributed by atoms with van der Waals surface area (Å²) in [5, 5.41) is 2.63. The van der Waals surface area contributed by atoms with E-state index in [0.717, 1.165) is 5.56 Å². The molecule has 1 aromatic carbocycles. The van der Waals surface area contributed by atoms with Crippen molar-refractivity contribution in [1.29, 1.82) is 0 Å². The highest BCUT2D eigenvalue weighted by atomic mass is 16.6. The summed E-state index contributed by atoms with van der Waals surface area (Å²) >= 11 is 0. The molecule has 200 valence electrons. The normalized spacial score (nSPS) is 11.3. The summed E-state index contributed by atoms with van der Waals surface area (Å²) < 4.78 is 37.2. The molecule has 0 saturated heterocycles. The van der Waals surface area contributed by atoms with E-state index >= 15 is 0 Å². The molecule has 10 nitrogen and oxygen atoms in total. The van der Waals surface area contributed by atoms with Gasteiger partial charge in [-0.25, -0.2) is 4.79 Å². The summed E-state index contributed by atoms with van der Waals surface area (Å²) in [6.45, 7) is 10.4. The van der Waals surface area contributed by atoms with Crippen LogP contribution in [0.5, 0.6) is 0 Å². The van der Waals surface area contributed by atoms with E-state index in [0.29, 0.717) is 72.6 Å². The summed E-state index contributed by atoms with van der Waals surface area (Å²) in [6, 6.07) is 9.49. The Bertz CT molecular complexity index is 665. The van der Waals surface area contributed by atoms with Crippen LogP contribution in [0.3, 0.4) is 0 Å². The molecule has 35 heavy (non-hydrogen) atoms. The third kappa shape index (κ3) is 20.8. The SMILES string of the molecule is CC(C)(C)OC(=O)CCOCCOCCOCCOCCOCCNC(=O)OCc1ccccc1. The van der Waals surface area contributed by atoms with Gasteiger partial charge in [0.25, 0.3) is 0 Å². The van der Waals surface area contributed by atoms with Gasteiger partial charge in [0.05, 0.1) is 72.5 Å². The highest BCUT2D eigenvalue weighted by molar-refractivity contribution is 5.69. The Kier molecular flexibility index (Phi) is 17.6. The second-order valence-corrected chi connectivity index (χ2v) is 8.39. The number of carbonyl (C=O) groups is 2. The van der Waals surface area contributed by atoms with Gasteiger partial charge in [-0.05, 0) is 26.3 Å². The van der Waals surface area contributed by atoms with Crippen LogP contribution in [0.1, 0.15) is 32.8 Å². The molecule has 0 fully saturated rings. The van der Waals surface area contributed by atoms with E-state index in [1.807, 2.05) is 51.1 Å². The summed E-state index contributed by atoms with van der Waals surface area (Å²) in [6.07, 6.45) is -0.243. The zero-order chi connectivity index (χ0) is 25.6. The number of rotatable bonds is 20. The minimum absolute atomic E-state index is 0.228. The lowest BCUT2D eigenvalue weighted by Gasteiger charge is -2.19. The quantitative estimate of drug-likeness (QED) is 0.214. The van der Waals surface area contributed by atoms with Crippen molar-refractivity contribution in [2.75, 3.05) is 72.6 Å². The first kappa shape index (κ1) is 30.8. The maximum atomic E-state index is 11.6. The molecule has 0 heterocycles. The van der Waals surface area contributed by atoms with Gasteiger partial charge in [-0.3, -0.25) is 4.79 Å². The Hall–Kier alpha value is -2.24. The van der Waals surface area contributed by atoms with Crippen LogP contribution in [0.15, 0.2) is 30.3 Å². The molecule has 0 aliphatic carbocycles. The standard InChI is InChI=1S/C25H41NO9/c1-25(2,3)35-23(27)9-11-29-13-15-31-17-19-33-20-18-32-16-14-30-12-10-26-24(28)34-21-22-7-5-4-6-8-22/h4-8H,9-21H2,1-3H3,(H,26,28). The van der Waals surface area contributed by atoms with Crippen molar-refractivity contribution in [3.05, 3.63) is 35.9 Å². The summed E-state index contributed by atoms with van der Waals surface area (Å²) in [7, 11) is 0. The van der Waals surface area contributed by atoms with E-state index in [-0.39, 0.29) is 19.0 Å². The van der Waals surface area contributed by atoms with Crippen molar-refractivity contribution in [2.45, 2.75) is 39.4 Å². The van der Waals surface area contributed by atoms with E-state index in [2.05, 4.69) is 5.32 Å². The minimum atomic E-state index is -0.474. The molecule has 1 rings (SSSR count). The topological polar surface area (TPSA) is 111 Å². The lowest BCUT2D eigenvalue weighted by Crippen LogP contribution is -2.28. The second-order valence-electron chi connectivity index (χ2n) is 8.39. The van der Waals surface area contributed by atoms with Crippen molar-refractivity contribution < 1.29 is 42.7 Å². The number of ether oxygens (including phenoxy) is 7. The van der Waals surface area contributed by atoms with Gasteiger partial charge in [-0.15, -0.1) is 0 Å². The van der Waals surface area contributed by atoms with Crippen molar-refractivity contribution in [3.63, 3.8) is 0 Å². The molecule has 0 aliphatic heterocycles. The lowest BCUT2D eigenvalue weighted by atomic mass is 10.2. The van der Waals surface area contributed by atoms with Crippen molar-refractivity contribution >= 4 is 12.1 Å². The predicted octanol–water partition coefficient (Wildman–Crippen LogP) is 2.73. The van der Waals surface area contributed by atoms with Crippen LogP contribution < -0.4 is 5.32 Å². The number of hydrogen-bond donors (Lipinski definition) is 1. The number of amides is 1. The molecule has 0 saturated carbocycles. The molecule has 1 aromatic rings. The fourth-order valence-corrected chi connectivity index (χ4v) is 2.53. The number of nitrogens with one attached hydrogen (secondary N) is 1. The van der Waals surface area contributed by atoms with Crippen LogP contribution >= 0.6 is 0 Å². The van der Waals surface area contributed by atoms with E-state index < -0.39 is 11.7 Å². The number of alkyl carbamates (subject to hydrolysis) is 1. The number of hydrogen-bond acceptors (Lipinski definition) is 9. The summed E-state index contributed by atoms with van der Waals surface area (Å²) in [5.74, 6) is -0.269. The molecule has 0 aromatic heterocycles. The van der Waals surface area contributed by atoms with Crippen LogP contribution in [0.25, 0.3) is 0 Å². The number of carbonyl (C=O) groups excluding carboxylic acids is 2. The summed E-state index contributed by atoms with van der Waals surface area (Å²) in [5.41, 5.74) is 0.462. The maximum absolute atomic E-state index is 11.6. The first-order valence-electron chi connectivity index (χ1n) is 11.9. The molecule has 0 bridgehead atoms. The van der Waals surface area contributed by atoms with Gasteiger partial charge in [-0.2, -0.15) is 0 Å². The fraction of sp³-hybridized carbons (Fsp3) is 0.680. The molecule has 1 N–H and O–H groups in total. The maximum Gasteiger partial charge on any atom is 0.407 e. The van der Waals surface area contributed by atoms with Crippen molar-refractivity contribution in [3.8, 4) is 0 Å². The molecular formula is C25H41NO9. The zero-order valence-electron chi connectivity index (χ0n) is 21.3. The van der Waals surface area contributed by atoms with Crippen molar-refractivity contribution in [2.24, 2.45) is 0 Å². The van der Waals surface area contributed by atoms with E-state index in [1.165, 1.54) is 0 Å². The Balaban J connectivity index is 1.74. The monoisotopic (exact) mass is 499 g/mol. The van der Waals surface area contributed by atoms with Gasteiger partial charge in [0.2, 0.25) is 0 Å².